The summed E-state index contributed by atoms with van der Waals surface area (Å²) < 4.78 is 0. The number of benzene rings is 1. The van der Waals surface area contributed by atoms with E-state index >= 15 is 0 Å². The first-order valence-corrected chi connectivity index (χ1v) is 8.05. The lowest BCUT2D eigenvalue weighted by Crippen LogP contribution is -2.41. The van der Waals surface area contributed by atoms with Gasteiger partial charge in [0, 0.05) is 18.0 Å². The number of amides is 2. The summed E-state index contributed by atoms with van der Waals surface area (Å²) in [6.45, 7) is 0.165. The van der Waals surface area contributed by atoms with Crippen LogP contribution in [0.15, 0.2) is 24.3 Å². The van der Waals surface area contributed by atoms with Crippen LogP contribution in [-0.2, 0) is 10.7 Å². The molecular formula is C14H16ClN3O2S. The minimum atomic E-state index is -0.426. The zero-order valence-corrected chi connectivity index (χ0v) is 13.1. The normalized spacial score (nSPS) is 11.3. The van der Waals surface area contributed by atoms with Crippen LogP contribution in [0.1, 0.15) is 15.9 Å². The van der Waals surface area contributed by atoms with Gasteiger partial charge in [-0.1, -0.05) is 12.1 Å². The molecule has 2 amide bonds. The minimum absolute atomic E-state index is 0.0380. The summed E-state index contributed by atoms with van der Waals surface area (Å²) in [5.41, 5.74) is 1.45. The minimum Gasteiger partial charge on any atom is -0.350 e. The number of thioether (sulfide) groups is 1. The van der Waals surface area contributed by atoms with Crippen molar-refractivity contribution in [3.63, 3.8) is 0 Å². The van der Waals surface area contributed by atoms with E-state index in [0.717, 1.165) is 5.56 Å². The first-order chi connectivity index (χ1) is 10.1. The second-order valence-electron chi connectivity index (χ2n) is 4.14. The fourth-order valence-electron chi connectivity index (χ4n) is 1.56. The van der Waals surface area contributed by atoms with Crippen molar-refractivity contribution in [2.75, 3.05) is 19.3 Å². The highest BCUT2D eigenvalue weighted by Crippen LogP contribution is 2.08. The Hall–Kier alpha value is -1.71. The zero-order chi connectivity index (χ0) is 15.7. The van der Waals surface area contributed by atoms with E-state index in [1.165, 1.54) is 11.8 Å². The highest BCUT2D eigenvalue weighted by atomic mass is 35.5. The first-order valence-electron chi connectivity index (χ1n) is 6.23. The number of nitrogens with zero attached hydrogens (tertiary/aromatic N) is 1. The van der Waals surface area contributed by atoms with Gasteiger partial charge in [0.25, 0.3) is 5.91 Å². The number of hydrogen-bond donors (Lipinski definition) is 2. The van der Waals surface area contributed by atoms with Gasteiger partial charge in [0.05, 0.1) is 6.07 Å². The quantitative estimate of drug-likeness (QED) is 0.588. The third kappa shape index (κ3) is 5.66. The molecule has 0 aromatic heterocycles. The van der Waals surface area contributed by atoms with Crippen molar-refractivity contribution < 1.29 is 9.59 Å². The molecule has 1 aromatic carbocycles. The van der Waals surface area contributed by atoms with Crippen LogP contribution in [0.5, 0.6) is 0 Å². The number of halogens is 1. The SMILES string of the molecule is CSC(CNC(=O)c1ccc(CCl)cc1)C(=O)NCC#N. The second-order valence-corrected chi connectivity index (χ2v) is 5.45. The average Bonchev–Trinajstić information content (AvgIpc) is 2.53. The lowest BCUT2D eigenvalue weighted by atomic mass is 10.1. The Kier molecular flexibility index (Phi) is 7.65. The summed E-state index contributed by atoms with van der Waals surface area (Å²) in [4.78, 5) is 23.7. The first kappa shape index (κ1) is 17.3. The summed E-state index contributed by atoms with van der Waals surface area (Å²) in [6, 6.07) is 8.79. The number of nitriles is 1. The Bertz CT molecular complexity index is 528. The number of alkyl halides is 1. The molecule has 0 aliphatic rings. The summed E-state index contributed by atoms with van der Waals surface area (Å²) in [7, 11) is 0. The average molecular weight is 326 g/mol. The Morgan fingerprint density at radius 2 is 2.00 bits per heavy atom. The number of nitrogens with one attached hydrogen (secondary N) is 2. The maximum atomic E-state index is 12.0. The zero-order valence-electron chi connectivity index (χ0n) is 11.6. The van der Waals surface area contributed by atoms with Crippen molar-refractivity contribution in [2.24, 2.45) is 0 Å². The van der Waals surface area contributed by atoms with Gasteiger partial charge in [0.2, 0.25) is 5.91 Å². The van der Waals surface area contributed by atoms with Gasteiger partial charge in [0.15, 0.2) is 0 Å². The fourth-order valence-corrected chi connectivity index (χ4v) is 2.28. The summed E-state index contributed by atoms with van der Waals surface area (Å²) >= 11 is 7.00. The molecular weight excluding hydrogens is 310 g/mol. The smallest absolute Gasteiger partial charge is 0.251 e. The van der Waals surface area contributed by atoms with Crippen molar-refractivity contribution in [2.45, 2.75) is 11.1 Å². The van der Waals surface area contributed by atoms with Gasteiger partial charge in [-0.3, -0.25) is 9.59 Å². The van der Waals surface area contributed by atoms with Gasteiger partial charge in [0.1, 0.15) is 11.8 Å². The van der Waals surface area contributed by atoms with Crippen LogP contribution in [0.3, 0.4) is 0 Å². The van der Waals surface area contributed by atoms with Crippen LogP contribution in [0.25, 0.3) is 0 Å². The third-order valence-electron chi connectivity index (χ3n) is 2.74. The predicted molar refractivity (Wildman–Crippen MR) is 84.3 cm³/mol. The molecule has 0 radical (unpaired) electrons. The van der Waals surface area contributed by atoms with E-state index < -0.39 is 5.25 Å². The van der Waals surface area contributed by atoms with Gasteiger partial charge in [-0.2, -0.15) is 17.0 Å². The van der Waals surface area contributed by atoms with Gasteiger partial charge in [-0.15, -0.1) is 11.6 Å². The van der Waals surface area contributed by atoms with E-state index in [-0.39, 0.29) is 24.9 Å². The molecule has 0 heterocycles. The Labute approximate surface area is 133 Å². The van der Waals surface area contributed by atoms with E-state index in [9.17, 15) is 9.59 Å². The van der Waals surface area contributed by atoms with E-state index in [1.807, 2.05) is 6.07 Å². The predicted octanol–water partition coefficient (Wildman–Crippen LogP) is 1.53. The van der Waals surface area contributed by atoms with Crippen LogP contribution in [0, 0.1) is 11.3 Å². The second kappa shape index (κ2) is 9.27. The van der Waals surface area contributed by atoms with Crippen LogP contribution in [0.4, 0.5) is 0 Å². The van der Waals surface area contributed by atoms with E-state index in [2.05, 4.69) is 10.6 Å². The van der Waals surface area contributed by atoms with Crippen molar-refractivity contribution in [1.82, 2.24) is 10.6 Å². The maximum Gasteiger partial charge on any atom is 0.251 e. The van der Waals surface area contributed by atoms with Gasteiger partial charge in [-0.25, -0.2) is 0 Å². The van der Waals surface area contributed by atoms with Crippen LogP contribution in [-0.4, -0.2) is 36.4 Å². The molecule has 7 heteroatoms. The molecule has 112 valence electrons. The lowest BCUT2D eigenvalue weighted by Gasteiger charge is -2.14. The highest BCUT2D eigenvalue weighted by Gasteiger charge is 2.18. The molecule has 1 rings (SSSR count). The van der Waals surface area contributed by atoms with Gasteiger partial charge >= 0.3 is 0 Å². The molecule has 1 unspecified atom stereocenters. The van der Waals surface area contributed by atoms with Crippen molar-refractivity contribution in [3.05, 3.63) is 35.4 Å². The Morgan fingerprint density at radius 3 is 2.52 bits per heavy atom. The molecule has 0 aliphatic heterocycles. The molecule has 0 bridgehead atoms. The Morgan fingerprint density at radius 1 is 1.33 bits per heavy atom. The monoisotopic (exact) mass is 325 g/mol. The molecule has 0 spiro atoms. The van der Waals surface area contributed by atoms with Crippen molar-refractivity contribution in [3.8, 4) is 6.07 Å². The van der Waals surface area contributed by atoms with E-state index in [1.54, 1.807) is 30.5 Å². The standard InChI is InChI=1S/C14H16ClN3O2S/c1-21-12(14(20)17-7-6-16)9-18-13(19)11-4-2-10(8-15)3-5-11/h2-5,12H,7-9H2,1H3,(H,17,20)(H,18,19). The summed E-state index contributed by atoms with van der Waals surface area (Å²) in [5.74, 6) is -0.111. The maximum absolute atomic E-state index is 12.0. The number of hydrogen-bond acceptors (Lipinski definition) is 4. The molecule has 0 fully saturated rings. The van der Waals surface area contributed by atoms with Gasteiger partial charge < -0.3 is 10.6 Å². The molecule has 0 aliphatic carbocycles. The molecule has 0 saturated carbocycles. The topological polar surface area (TPSA) is 82.0 Å². The molecule has 0 saturated heterocycles. The van der Waals surface area contributed by atoms with Crippen LogP contribution >= 0.6 is 23.4 Å². The molecule has 5 nitrogen and oxygen atoms in total. The van der Waals surface area contributed by atoms with Crippen molar-refractivity contribution >= 4 is 35.2 Å². The molecule has 1 atom stereocenters. The number of carbonyl (C=O) groups is 2. The summed E-state index contributed by atoms with van der Waals surface area (Å²) in [5, 5.41) is 13.2. The van der Waals surface area contributed by atoms with Crippen LogP contribution in [0.2, 0.25) is 0 Å². The van der Waals surface area contributed by atoms with Gasteiger partial charge in [-0.05, 0) is 24.0 Å². The number of carbonyl (C=O) groups excluding carboxylic acids is 2. The molecule has 21 heavy (non-hydrogen) atoms. The largest absolute Gasteiger partial charge is 0.350 e. The highest BCUT2D eigenvalue weighted by molar-refractivity contribution is 7.99. The van der Waals surface area contributed by atoms with Crippen molar-refractivity contribution in [1.29, 1.82) is 5.26 Å². The fraction of sp³-hybridized carbons (Fsp3) is 0.357. The molecule has 1 aromatic rings. The van der Waals surface area contributed by atoms with E-state index in [0.29, 0.717) is 11.4 Å². The molecule has 2 N–H and O–H groups in total. The number of rotatable bonds is 7. The lowest BCUT2D eigenvalue weighted by molar-refractivity contribution is -0.120. The summed E-state index contributed by atoms with van der Waals surface area (Å²) in [6.07, 6.45) is 1.78. The Balaban J connectivity index is 2.53. The van der Waals surface area contributed by atoms with Crippen LogP contribution < -0.4 is 10.6 Å². The third-order valence-corrected chi connectivity index (χ3v) is 4.00. The van der Waals surface area contributed by atoms with E-state index in [4.69, 9.17) is 16.9 Å².